The molecule has 1 heterocycles. The number of benzene rings is 3. The van der Waals surface area contributed by atoms with E-state index in [9.17, 15) is 9.18 Å². The summed E-state index contributed by atoms with van der Waals surface area (Å²) in [5.41, 5.74) is 4.70. The maximum atomic E-state index is 13.2. The Balaban J connectivity index is 1.66. The second kappa shape index (κ2) is 8.56. The van der Waals surface area contributed by atoms with E-state index in [1.807, 2.05) is 42.5 Å². The van der Waals surface area contributed by atoms with Crippen LogP contribution in [-0.2, 0) is 6.54 Å². The molecule has 3 aromatic carbocycles. The van der Waals surface area contributed by atoms with Crippen LogP contribution in [0.25, 0.3) is 23.1 Å². The van der Waals surface area contributed by atoms with Gasteiger partial charge in [0.2, 0.25) is 0 Å². The molecule has 3 nitrogen and oxygen atoms in total. The van der Waals surface area contributed by atoms with Gasteiger partial charge in [-0.1, -0.05) is 54.1 Å². The van der Waals surface area contributed by atoms with Gasteiger partial charge in [-0.05, 0) is 47.5 Å². The van der Waals surface area contributed by atoms with Crippen molar-refractivity contribution in [2.75, 3.05) is 7.05 Å². The zero-order valence-electron chi connectivity index (χ0n) is 16.4. The monoisotopic (exact) mass is 418 g/mol. The molecule has 0 bridgehead atoms. The minimum atomic E-state index is -0.245. The predicted molar refractivity (Wildman–Crippen MR) is 121 cm³/mol. The predicted octanol–water partition coefficient (Wildman–Crippen LogP) is 6.01. The van der Waals surface area contributed by atoms with E-state index in [2.05, 4.69) is 16.1 Å². The molecule has 1 aromatic heterocycles. The molecule has 1 amide bonds. The number of nitrogens with zero attached hydrogens (tertiary/aromatic N) is 1. The van der Waals surface area contributed by atoms with Gasteiger partial charge in [-0.2, -0.15) is 0 Å². The van der Waals surface area contributed by atoms with E-state index in [1.165, 1.54) is 12.1 Å². The minimum absolute atomic E-state index is 0.105. The van der Waals surface area contributed by atoms with Gasteiger partial charge in [0.15, 0.2) is 0 Å². The largest absolute Gasteiger partial charge is 0.355 e. The summed E-state index contributed by atoms with van der Waals surface area (Å²) in [5.74, 6) is -0.350. The van der Waals surface area contributed by atoms with Crippen molar-refractivity contribution in [3.63, 3.8) is 0 Å². The second-order valence-electron chi connectivity index (χ2n) is 7.03. The summed E-state index contributed by atoms with van der Waals surface area (Å²) in [7, 11) is 1.62. The number of carbonyl (C=O) groups is 1. The molecule has 5 heteroatoms. The normalized spacial score (nSPS) is 11.3. The van der Waals surface area contributed by atoms with Gasteiger partial charge >= 0.3 is 0 Å². The van der Waals surface area contributed by atoms with Crippen LogP contribution in [0.1, 0.15) is 27.0 Å². The number of hydrogen-bond acceptors (Lipinski definition) is 1. The number of fused-ring (bicyclic) bond motifs is 1. The first kappa shape index (κ1) is 19.9. The van der Waals surface area contributed by atoms with Crippen LogP contribution in [0.2, 0.25) is 5.02 Å². The summed E-state index contributed by atoms with van der Waals surface area (Å²) < 4.78 is 15.3. The van der Waals surface area contributed by atoms with Gasteiger partial charge in [-0.15, -0.1) is 0 Å². The van der Waals surface area contributed by atoms with E-state index in [1.54, 1.807) is 31.3 Å². The first-order valence-corrected chi connectivity index (χ1v) is 9.94. The number of carbonyl (C=O) groups excluding carboxylic acids is 1. The fourth-order valence-electron chi connectivity index (χ4n) is 3.42. The van der Waals surface area contributed by atoms with Crippen molar-refractivity contribution in [2.45, 2.75) is 6.54 Å². The number of hydrogen-bond donors (Lipinski definition) is 1. The van der Waals surface area contributed by atoms with Gasteiger partial charge in [-0.3, -0.25) is 4.79 Å². The van der Waals surface area contributed by atoms with Gasteiger partial charge in [0, 0.05) is 41.3 Å². The van der Waals surface area contributed by atoms with E-state index >= 15 is 0 Å². The SMILES string of the molecule is CNC(=O)c1ccc(/C=C/c2cn(Cc3ccc(F)cc3)c3cc(Cl)ccc23)cc1. The minimum Gasteiger partial charge on any atom is -0.355 e. The molecule has 0 saturated heterocycles. The number of aromatic nitrogens is 1. The van der Waals surface area contributed by atoms with Crippen molar-refractivity contribution < 1.29 is 9.18 Å². The highest BCUT2D eigenvalue weighted by Crippen LogP contribution is 2.27. The molecular weight excluding hydrogens is 399 g/mol. The Bertz CT molecular complexity index is 1220. The van der Waals surface area contributed by atoms with Crippen molar-refractivity contribution in [2.24, 2.45) is 0 Å². The Morgan fingerprint density at radius 3 is 2.47 bits per heavy atom. The van der Waals surface area contributed by atoms with Gasteiger partial charge < -0.3 is 9.88 Å². The highest BCUT2D eigenvalue weighted by atomic mass is 35.5. The summed E-state index contributed by atoms with van der Waals surface area (Å²) in [4.78, 5) is 11.7. The van der Waals surface area contributed by atoms with Crippen molar-refractivity contribution in [3.05, 3.63) is 106 Å². The van der Waals surface area contributed by atoms with Gasteiger partial charge in [0.25, 0.3) is 5.91 Å². The van der Waals surface area contributed by atoms with E-state index in [4.69, 9.17) is 11.6 Å². The Morgan fingerprint density at radius 1 is 1.03 bits per heavy atom. The summed E-state index contributed by atoms with van der Waals surface area (Å²) in [6.07, 6.45) is 6.13. The van der Waals surface area contributed by atoms with E-state index in [0.717, 1.165) is 27.6 Å². The molecule has 0 spiro atoms. The highest BCUT2D eigenvalue weighted by molar-refractivity contribution is 6.31. The standard InChI is InChI=1S/C25H20ClFN2O/c1-28-25(30)19-7-2-17(3-8-19)4-9-20-16-29(15-18-5-11-22(27)12-6-18)24-14-21(26)10-13-23(20)24/h2-14,16H,15H2,1H3,(H,28,30)/b9-4+. The average Bonchev–Trinajstić information content (AvgIpc) is 3.10. The Hall–Kier alpha value is -3.37. The summed E-state index contributed by atoms with van der Waals surface area (Å²) in [6.45, 7) is 0.617. The summed E-state index contributed by atoms with van der Waals surface area (Å²) >= 11 is 6.24. The van der Waals surface area contributed by atoms with Crippen molar-refractivity contribution >= 4 is 40.6 Å². The lowest BCUT2D eigenvalue weighted by atomic mass is 10.1. The lowest BCUT2D eigenvalue weighted by Crippen LogP contribution is -2.17. The summed E-state index contributed by atoms with van der Waals surface area (Å²) in [5, 5.41) is 4.37. The number of amides is 1. The quantitative estimate of drug-likeness (QED) is 0.423. The van der Waals surface area contributed by atoms with Crippen LogP contribution in [0.4, 0.5) is 4.39 Å². The molecule has 0 aliphatic heterocycles. The Morgan fingerprint density at radius 2 is 1.77 bits per heavy atom. The summed E-state index contributed by atoms with van der Waals surface area (Å²) in [6, 6.07) is 19.8. The molecule has 150 valence electrons. The van der Waals surface area contributed by atoms with E-state index in [-0.39, 0.29) is 11.7 Å². The van der Waals surface area contributed by atoms with Crippen LogP contribution in [-0.4, -0.2) is 17.5 Å². The van der Waals surface area contributed by atoms with Crippen LogP contribution in [0.5, 0.6) is 0 Å². The van der Waals surface area contributed by atoms with Gasteiger partial charge in [0.05, 0.1) is 5.52 Å². The van der Waals surface area contributed by atoms with Crippen LogP contribution in [0, 0.1) is 5.82 Å². The number of halogens is 2. The van der Waals surface area contributed by atoms with Crippen molar-refractivity contribution in [3.8, 4) is 0 Å². The maximum Gasteiger partial charge on any atom is 0.251 e. The number of rotatable bonds is 5. The molecule has 30 heavy (non-hydrogen) atoms. The van der Waals surface area contributed by atoms with Crippen LogP contribution in [0.3, 0.4) is 0 Å². The molecule has 0 aliphatic rings. The average molecular weight is 419 g/mol. The molecule has 0 aliphatic carbocycles. The first-order valence-electron chi connectivity index (χ1n) is 9.56. The van der Waals surface area contributed by atoms with Crippen LogP contribution in [0.15, 0.2) is 72.9 Å². The topological polar surface area (TPSA) is 34.0 Å². The van der Waals surface area contributed by atoms with E-state index in [0.29, 0.717) is 17.1 Å². The van der Waals surface area contributed by atoms with Crippen molar-refractivity contribution in [1.82, 2.24) is 9.88 Å². The van der Waals surface area contributed by atoms with Gasteiger partial charge in [-0.25, -0.2) is 4.39 Å². The number of nitrogens with one attached hydrogen (secondary N) is 1. The van der Waals surface area contributed by atoms with E-state index < -0.39 is 0 Å². The zero-order chi connectivity index (χ0) is 21.1. The lowest BCUT2D eigenvalue weighted by Gasteiger charge is -2.06. The smallest absolute Gasteiger partial charge is 0.251 e. The molecule has 0 saturated carbocycles. The second-order valence-corrected chi connectivity index (χ2v) is 7.47. The third kappa shape index (κ3) is 4.29. The first-order chi connectivity index (χ1) is 14.5. The molecule has 0 atom stereocenters. The van der Waals surface area contributed by atoms with Crippen molar-refractivity contribution in [1.29, 1.82) is 0 Å². The third-order valence-electron chi connectivity index (χ3n) is 5.00. The third-order valence-corrected chi connectivity index (χ3v) is 5.23. The Labute approximate surface area is 179 Å². The molecule has 0 radical (unpaired) electrons. The molecule has 4 aromatic rings. The molecular formula is C25H20ClFN2O. The maximum absolute atomic E-state index is 13.2. The van der Waals surface area contributed by atoms with Gasteiger partial charge in [0.1, 0.15) is 5.82 Å². The molecule has 1 N–H and O–H groups in total. The molecule has 0 fully saturated rings. The van der Waals surface area contributed by atoms with Crippen LogP contribution < -0.4 is 5.32 Å². The fraction of sp³-hybridized carbons (Fsp3) is 0.0800. The lowest BCUT2D eigenvalue weighted by molar-refractivity contribution is 0.0963. The molecule has 4 rings (SSSR count). The molecule has 0 unspecified atom stereocenters. The van der Waals surface area contributed by atoms with Crippen LogP contribution >= 0.6 is 11.6 Å². The fourth-order valence-corrected chi connectivity index (χ4v) is 3.59. The Kier molecular flexibility index (Phi) is 5.68. The zero-order valence-corrected chi connectivity index (χ0v) is 17.2. The highest BCUT2D eigenvalue weighted by Gasteiger charge is 2.08.